The number of carbonyl (C=O) groups is 1. The van der Waals surface area contributed by atoms with E-state index in [2.05, 4.69) is 11.8 Å². The highest BCUT2D eigenvalue weighted by Gasteiger charge is 2.16. The molecule has 0 amide bonds. The van der Waals surface area contributed by atoms with Crippen molar-refractivity contribution < 1.29 is 19.4 Å². The quantitative estimate of drug-likeness (QED) is 0.450. The Labute approximate surface area is 149 Å². The van der Waals surface area contributed by atoms with Crippen LogP contribution in [-0.4, -0.2) is 24.3 Å². The molecule has 0 aliphatic heterocycles. The molecule has 0 saturated heterocycles. The molecule has 134 valence electrons. The fourth-order valence-electron chi connectivity index (χ4n) is 2.22. The Morgan fingerprint density at radius 3 is 1.84 bits per heavy atom. The predicted octanol–water partition coefficient (Wildman–Crippen LogP) is 3.21. The highest BCUT2D eigenvalue weighted by Crippen LogP contribution is 2.31. The fourth-order valence-corrected chi connectivity index (χ4v) is 2.22. The molecule has 0 fully saturated rings. The van der Waals surface area contributed by atoms with Crippen molar-refractivity contribution in [1.82, 2.24) is 0 Å². The second-order valence-corrected chi connectivity index (χ2v) is 5.48. The molecule has 0 atom stereocenters. The van der Waals surface area contributed by atoms with Gasteiger partial charge in [0.25, 0.3) is 0 Å². The summed E-state index contributed by atoms with van der Waals surface area (Å²) in [6.07, 6.45) is 15.1. The summed E-state index contributed by atoms with van der Waals surface area (Å²) in [5.74, 6) is 5.00. The monoisotopic (exact) mass is 343 g/mol. The third kappa shape index (κ3) is 7.20. The summed E-state index contributed by atoms with van der Waals surface area (Å²) in [5.41, 5.74) is 6.59. The molecule has 0 heterocycles. The molecule has 5 heteroatoms. The Kier molecular flexibility index (Phi) is 9.67. The van der Waals surface area contributed by atoms with Gasteiger partial charge in [0, 0.05) is 24.9 Å². The van der Waals surface area contributed by atoms with E-state index < -0.39 is 5.97 Å². The summed E-state index contributed by atoms with van der Waals surface area (Å²) in [6.45, 7) is 1.08. The Morgan fingerprint density at radius 2 is 1.48 bits per heavy atom. The van der Waals surface area contributed by atoms with Gasteiger partial charge < -0.3 is 20.3 Å². The van der Waals surface area contributed by atoms with Crippen molar-refractivity contribution in [2.45, 2.75) is 45.1 Å². The zero-order valence-electron chi connectivity index (χ0n) is 14.4. The van der Waals surface area contributed by atoms with E-state index in [-0.39, 0.29) is 12.1 Å². The number of benzene rings is 1. The van der Waals surface area contributed by atoms with Crippen molar-refractivity contribution in [3.05, 3.63) is 23.3 Å². The molecular formula is C20H25NO4. The molecule has 0 unspecified atom stereocenters. The van der Waals surface area contributed by atoms with E-state index in [0.717, 1.165) is 25.7 Å². The van der Waals surface area contributed by atoms with Crippen molar-refractivity contribution in [3.8, 4) is 36.2 Å². The molecule has 5 nitrogen and oxygen atoms in total. The lowest BCUT2D eigenvalue weighted by molar-refractivity contribution is 0.0695. The number of terminal acetylenes is 2. The minimum absolute atomic E-state index is 0.106. The predicted molar refractivity (Wildman–Crippen MR) is 97.7 cm³/mol. The average molecular weight is 343 g/mol. The summed E-state index contributed by atoms with van der Waals surface area (Å²) in [5, 5.41) is 9.29. The molecule has 0 aromatic heterocycles. The molecule has 1 aromatic carbocycles. The van der Waals surface area contributed by atoms with Gasteiger partial charge in [-0.25, -0.2) is 4.79 Å². The van der Waals surface area contributed by atoms with Crippen LogP contribution in [0.5, 0.6) is 11.5 Å². The summed E-state index contributed by atoms with van der Waals surface area (Å²) >= 11 is 0. The van der Waals surface area contributed by atoms with E-state index in [1.54, 1.807) is 0 Å². The van der Waals surface area contributed by atoms with Crippen molar-refractivity contribution in [3.63, 3.8) is 0 Å². The second-order valence-electron chi connectivity index (χ2n) is 5.48. The standard InChI is InChI=1S/C20H25NO4/c1-3-5-7-9-11-24-18-13-16(20(22)23)14-19(17(18)15-21)25-12-10-8-6-4-2/h1-2,13-14H,5-12,15,21H2,(H,22,23). The number of aromatic carboxylic acids is 1. The van der Waals surface area contributed by atoms with Crippen molar-refractivity contribution in [1.29, 1.82) is 0 Å². The maximum atomic E-state index is 11.3. The number of nitrogens with two attached hydrogens (primary N) is 1. The molecule has 0 aliphatic carbocycles. The fraction of sp³-hybridized carbons (Fsp3) is 0.450. The number of unbranched alkanes of at least 4 members (excludes halogenated alkanes) is 4. The first kappa shape index (κ1) is 20.4. The smallest absolute Gasteiger partial charge is 0.335 e. The number of carboxylic acids is 1. The molecule has 25 heavy (non-hydrogen) atoms. The molecule has 1 aromatic rings. The summed E-state index contributed by atoms with van der Waals surface area (Å²) in [6, 6.07) is 2.97. The van der Waals surface area contributed by atoms with E-state index in [4.69, 9.17) is 28.1 Å². The number of hydrogen-bond donors (Lipinski definition) is 2. The van der Waals surface area contributed by atoms with Crippen LogP contribution in [0.3, 0.4) is 0 Å². The van der Waals surface area contributed by atoms with E-state index in [1.807, 2.05) is 0 Å². The summed E-state index contributed by atoms with van der Waals surface area (Å²) < 4.78 is 11.5. The minimum atomic E-state index is -1.04. The van der Waals surface area contributed by atoms with Crippen LogP contribution >= 0.6 is 0 Å². The van der Waals surface area contributed by atoms with Gasteiger partial charge in [-0.05, 0) is 37.8 Å². The van der Waals surface area contributed by atoms with Gasteiger partial charge in [0.05, 0.1) is 18.8 Å². The molecule has 3 N–H and O–H groups in total. The van der Waals surface area contributed by atoms with Gasteiger partial charge in [-0.3, -0.25) is 0 Å². The third-order valence-electron chi connectivity index (χ3n) is 3.57. The number of hydrogen-bond acceptors (Lipinski definition) is 4. The number of ether oxygens (including phenoxy) is 2. The topological polar surface area (TPSA) is 81.8 Å². The molecule has 0 saturated carbocycles. The van der Waals surface area contributed by atoms with Gasteiger partial charge in [-0.2, -0.15) is 0 Å². The lowest BCUT2D eigenvalue weighted by Gasteiger charge is -2.16. The van der Waals surface area contributed by atoms with Crippen LogP contribution in [0.25, 0.3) is 0 Å². The normalized spacial score (nSPS) is 9.88. The highest BCUT2D eigenvalue weighted by atomic mass is 16.5. The lowest BCUT2D eigenvalue weighted by Crippen LogP contribution is -2.10. The first-order valence-electron chi connectivity index (χ1n) is 8.36. The van der Waals surface area contributed by atoms with Gasteiger partial charge in [0.2, 0.25) is 0 Å². The largest absolute Gasteiger partial charge is 0.493 e. The summed E-state index contributed by atoms with van der Waals surface area (Å²) in [4.78, 5) is 11.3. The van der Waals surface area contributed by atoms with Gasteiger partial charge >= 0.3 is 5.97 Å². The van der Waals surface area contributed by atoms with Crippen molar-refractivity contribution in [2.75, 3.05) is 13.2 Å². The summed E-state index contributed by atoms with van der Waals surface area (Å²) in [7, 11) is 0. The molecule has 0 bridgehead atoms. The Morgan fingerprint density at radius 1 is 1.00 bits per heavy atom. The second kappa shape index (κ2) is 11.8. The van der Waals surface area contributed by atoms with Crippen LogP contribution in [0.15, 0.2) is 12.1 Å². The SMILES string of the molecule is C#CCCCCOc1cc(C(=O)O)cc(OCCCCC#C)c1CN. The maximum Gasteiger partial charge on any atom is 0.335 e. The van der Waals surface area contributed by atoms with Crippen LogP contribution < -0.4 is 15.2 Å². The first-order chi connectivity index (χ1) is 12.1. The van der Waals surface area contributed by atoms with E-state index in [1.165, 1.54) is 12.1 Å². The van der Waals surface area contributed by atoms with Crippen LogP contribution in [0, 0.1) is 24.7 Å². The van der Waals surface area contributed by atoms with E-state index >= 15 is 0 Å². The van der Waals surface area contributed by atoms with Gasteiger partial charge in [-0.1, -0.05) is 0 Å². The number of rotatable bonds is 12. The molecular weight excluding hydrogens is 318 g/mol. The minimum Gasteiger partial charge on any atom is -0.493 e. The van der Waals surface area contributed by atoms with Crippen LogP contribution in [0.4, 0.5) is 0 Å². The number of carboxylic acid groups (broad SMARTS) is 1. The zero-order chi connectivity index (χ0) is 18.5. The van der Waals surface area contributed by atoms with Crippen molar-refractivity contribution in [2.24, 2.45) is 5.73 Å². The van der Waals surface area contributed by atoms with Gasteiger partial charge in [-0.15, -0.1) is 24.7 Å². The van der Waals surface area contributed by atoms with Gasteiger partial charge in [0.15, 0.2) is 0 Å². The highest BCUT2D eigenvalue weighted by molar-refractivity contribution is 5.89. The maximum absolute atomic E-state index is 11.3. The molecule has 0 spiro atoms. The first-order valence-corrected chi connectivity index (χ1v) is 8.36. The average Bonchev–Trinajstić information content (AvgIpc) is 2.60. The van der Waals surface area contributed by atoms with Gasteiger partial charge in [0.1, 0.15) is 11.5 Å². The third-order valence-corrected chi connectivity index (χ3v) is 3.57. The Balaban J connectivity index is 2.84. The van der Waals surface area contributed by atoms with E-state index in [0.29, 0.717) is 43.1 Å². The lowest BCUT2D eigenvalue weighted by atomic mass is 10.1. The van der Waals surface area contributed by atoms with Crippen LogP contribution in [0.1, 0.15) is 54.4 Å². The van der Waals surface area contributed by atoms with Crippen LogP contribution in [0.2, 0.25) is 0 Å². The zero-order valence-corrected chi connectivity index (χ0v) is 14.4. The van der Waals surface area contributed by atoms with E-state index in [9.17, 15) is 9.90 Å². The Bertz CT molecular complexity index is 595. The van der Waals surface area contributed by atoms with Crippen molar-refractivity contribution >= 4 is 5.97 Å². The molecule has 1 rings (SSSR count). The van der Waals surface area contributed by atoms with Crippen LogP contribution in [-0.2, 0) is 6.54 Å². The molecule has 0 aliphatic rings. The molecule has 0 radical (unpaired) electrons. The Hall–Kier alpha value is -2.63.